The second-order valence-corrected chi connectivity index (χ2v) is 2.28. The van der Waals surface area contributed by atoms with Crippen LogP contribution in [0.25, 0.3) is 0 Å². The van der Waals surface area contributed by atoms with E-state index in [1.807, 2.05) is 0 Å². The molecule has 10 heavy (non-hydrogen) atoms. The fourth-order valence-electron chi connectivity index (χ4n) is 0.567. The molecule has 0 bridgehead atoms. The Morgan fingerprint density at radius 1 is 1.60 bits per heavy atom. The van der Waals surface area contributed by atoms with Gasteiger partial charge >= 0.3 is 0 Å². The van der Waals surface area contributed by atoms with Gasteiger partial charge in [-0.15, -0.1) is 0 Å². The Kier molecular flexibility index (Phi) is 2.77. The zero-order valence-electron chi connectivity index (χ0n) is 6.51. The normalized spacial score (nSPS) is 16.9. The van der Waals surface area contributed by atoms with Gasteiger partial charge in [0.25, 0.3) is 5.91 Å². The van der Waals surface area contributed by atoms with Crippen LogP contribution in [0.4, 0.5) is 0 Å². The van der Waals surface area contributed by atoms with Crippen molar-refractivity contribution in [1.29, 1.82) is 0 Å². The largest absolute Gasteiger partial charge is 0.366 e. The number of amides is 1. The Labute approximate surface area is 60.4 Å². The molecule has 1 amide bonds. The SMILES string of the molecule is CNC(N)(C(N)=O)N(C)C. The standard InChI is InChI=1S/C5H14N4O/c1-8-5(7,4(6)10)9(2)3/h8H,7H2,1-3H3,(H2,6,10). The van der Waals surface area contributed by atoms with Crippen LogP contribution in [0.3, 0.4) is 0 Å². The first-order valence-corrected chi connectivity index (χ1v) is 2.90. The van der Waals surface area contributed by atoms with Gasteiger partial charge in [-0.1, -0.05) is 0 Å². The molecular formula is C5H14N4O. The molecule has 0 aliphatic rings. The lowest BCUT2D eigenvalue weighted by Gasteiger charge is -2.31. The van der Waals surface area contributed by atoms with Crippen molar-refractivity contribution in [3.63, 3.8) is 0 Å². The molecule has 0 heterocycles. The smallest absolute Gasteiger partial charge is 0.268 e. The van der Waals surface area contributed by atoms with Gasteiger partial charge in [0.15, 0.2) is 0 Å². The second kappa shape index (κ2) is 2.96. The summed E-state index contributed by atoms with van der Waals surface area (Å²) in [7, 11) is 4.91. The summed E-state index contributed by atoms with van der Waals surface area (Å²) in [6.07, 6.45) is 0. The topological polar surface area (TPSA) is 84.4 Å². The molecule has 5 nitrogen and oxygen atoms in total. The predicted octanol–water partition coefficient (Wildman–Crippen LogP) is -2.13. The molecule has 0 saturated carbocycles. The van der Waals surface area contributed by atoms with E-state index in [2.05, 4.69) is 5.32 Å². The third-order valence-corrected chi connectivity index (χ3v) is 1.46. The summed E-state index contributed by atoms with van der Waals surface area (Å²) in [5.41, 5.74) is 10.5. The molecule has 0 aromatic rings. The third-order valence-electron chi connectivity index (χ3n) is 1.46. The average Bonchev–Trinajstić information content (AvgIpc) is 1.85. The van der Waals surface area contributed by atoms with Gasteiger partial charge in [-0.05, 0) is 21.1 Å². The molecule has 1 unspecified atom stereocenters. The van der Waals surface area contributed by atoms with Crippen LogP contribution in [-0.2, 0) is 4.79 Å². The van der Waals surface area contributed by atoms with E-state index in [0.717, 1.165) is 0 Å². The number of likely N-dealkylation sites (N-methyl/N-ethyl adjacent to an activating group) is 2. The first-order chi connectivity index (χ1) is 4.45. The van der Waals surface area contributed by atoms with Gasteiger partial charge in [0.1, 0.15) is 0 Å². The van der Waals surface area contributed by atoms with Crippen LogP contribution in [-0.4, -0.2) is 37.7 Å². The van der Waals surface area contributed by atoms with Crippen molar-refractivity contribution in [1.82, 2.24) is 10.2 Å². The number of nitrogens with two attached hydrogens (primary N) is 2. The summed E-state index contributed by atoms with van der Waals surface area (Å²) in [5.74, 6) is -1.83. The minimum atomic E-state index is -1.24. The Morgan fingerprint density at radius 3 is 2.00 bits per heavy atom. The van der Waals surface area contributed by atoms with E-state index < -0.39 is 11.7 Å². The predicted molar refractivity (Wildman–Crippen MR) is 38.9 cm³/mol. The molecule has 0 aliphatic heterocycles. The highest BCUT2D eigenvalue weighted by molar-refractivity contribution is 5.83. The minimum Gasteiger partial charge on any atom is -0.366 e. The molecule has 0 aromatic carbocycles. The molecule has 0 saturated heterocycles. The van der Waals surface area contributed by atoms with Crippen molar-refractivity contribution < 1.29 is 4.79 Å². The molecule has 0 spiro atoms. The van der Waals surface area contributed by atoms with Crippen LogP contribution in [0.1, 0.15) is 0 Å². The monoisotopic (exact) mass is 146 g/mol. The fraction of sp³-hybridized carbons (Fsp3) is 0.800. The van der Waals surface area contributed by atoms with Crippen LogP contribution in [0.15, 0.2) is 0 Å². The van der Waals surface area contributed by atoms with Crippen LogP contribution >= 0.6 is 0 Å². The number of primary amides is 1. The van der Waals surface area contributed by atoms with E-state index in [-0.39, 0.29) is 0 Å². The first-order valence-electron chi connectivity index (χ1n) is 2.90. The van der Waals surface area contributed by atoms with Gasteiger partial charge in [0, 0.05) is 0 Å². The van der Waals surface area contributed by atoms with Crippen LogP contribution < -0.4 is 16.8 Å². The molecule has 0 aromatic heterocycles. The number of nitrogens with one attached hydrogen (secondary N) is 1. The summed E-state index contributed by atoms with van der Waals surface area (Å²) in [5, 5.41) is 2.61. The van der Waals surface area contributed by atoms with Crippen LogP contribution in [0, 0.1) is 0 Å². The lowest BCUT2D eigenvalue weighted by atomic mass is 10.3. The van der Waals surface area contributed by atoms with Gasteiger partial charge in [-0.25, -0.2) is 0 Å². The van der Waals surface area contributed by atoms with Gasteiger partial charge < -0.3 is 5.73 Å². The maximum Gasteiger partial charge on any atom is 0.268 e. The van der Waals surface area contributed by atoms with Gasteiger partial charge in [0.05, 0.1) is 0 Å². The van der Waals surface area contributed by atoms with Crippen molar-refractivity contribution in [2.75, 3.05) is 21.1 Å². The number of hydrogen-bond donors (Lipinski definition) is 3. The van der Waals surface area contributed by atoms with Crippen molar-refractivity contribution in [2.45, 2.75) is 5.79 Å². The molecule has 0 radical (unpaired) electrons. The number of carbonyl (C=O) groups is 1. The van der Waals surface area contributed by atoms with Gasteiger partial charge in [-0.3, -0.25) is 20.7 Å². The second-order valence-electron chi connectivity index (χ2n) is 2.28. The lowest BCUT2D eigenvalue weighted by molar-refractivity contribution is -0.130. The van der Waals surface area contributed by atoms with E-state index in [9.17, 15) is 4.79 Å². The van der Waals surface area contributed by atoms with E-state index in [4.69, 9.17) is 11.5 Å². The van der Waals surface area contributed by atoms with Crippen LogP contribution in [0.5, 0.6) is 0 Å². The number of carbonyl (C=O) groups excluding carboxylic acids is 1. The zero-order chi connectivity index (χ0) is 8.36. The summed E-state index contributed by atoms with van der Waals surface area (Å²) in [4.78, 5) is 12.2. The molecule has 1 atom stereocenters. The number of hydrogen-bond acceptors (Lipinski definition) is 4. The Balaban J connectivity index is 4.38. The number of nitrogens with zero attached hydrogens (tertiary/aromatic N) is 1. The summed E-state index contributed by atoms with van der Waals surface area (Å²) >= 11 is 0. The summed E-state index contributed by atoms with van der Waals surface area (Å²) in [6, 6.07) is 0. The highest BCUT2D eigenvalue weighted by Gasteiger charge is 2.31. The van der Waals surface area contributed by atoms with Gasteiger partial charge in [-0.2, -0.15) is 0 Å². The van der Waals surface area contributed by atoms with E-state index >= 15 is 0 Å². The quantitative estimate of drug-likeness (QED) is 0.397. The lowest BCUT2D eigenvalue weighted by Crippen LogP contribution is -2.69. The molecule has 0 aliphatic carbocycles. The van der Waals surface area contributed by atoms with E-state index in [1.165, 1.54) is 4.90 Å². The maximum atomic E-state index is 10.7. The first kappa shape index (κ1) is 9.35. The highest BCUT2D eigenvalue weighted by Crippen LogP contribution is 1.95. The van der Waals surface area contributed by atoms with Crippen molar-refractivity contribution >= 4 is 5.91 Å². The molecule has 5 N–H and O–H groups in total. The Morgan fingerprint density at radius 2 is 2.00 bits per heavy atom. The molecule has 0 rings (SSSR count). The number of rotatable bonds is 3. The molecular weight excluding hydrogens is 132 g/mol. The average molecular weight is 146 g/mol. The highest BCUT2D eigenvalue weighted by atomic mass is 16.2. The Bertz CT molecular complexity index is 136. The minimum absolute atomic E-state index is 0.597. The van der Waals surface area contributed by atoms with Crippen LogP contribution in [0.2, 0.25) is 0 Å². The maximum absolute atomic E-state index is 10.7. The molecule has 60 valence electrons. The Hall–Kier alpha value is -0.650. The summed E-state index contributed by atoms with van der Waals surface area (Å²) < 4.78 is 0. The van der Waals surface area contributed by atoms with Gasteiger partial charge in [0.2, 0.25) is 5.79 Å². The third kappa shape index (κ3) is 1.44. The molecule has 0 fully saturated rings. The van der Waals surface area contributed by atoms with E-state index in [1.54, 1.807) is 21.1 Å². The van der Waals surface area contributed by atoms with Crippen molar-refractivity contribution in [3.8, 4) is 0 Å². The van der Waals surface area contributed by atoms with Crippen molar-refractivity contribution in [3.05, 3.63) is 0 Å². The van der Waals surface area contributed by atoms with Crippen molar-refractivity contribution in [2.24, 2.45) is 11.5 Å². The zero-order valence-corrected chi connectivity index (χ0v) is 6.51. The summed E-state index contributed by atoms with van der Waals surface area (Å²) in [6.45, 7) is 0. The van der Waals surface area contributed by atoms with E-state index in [0.29, 0.717) is 0 Å². The fourth-order valence-corrected chi connectivity index (χ4v) is 0.567. The molecule has 5 heteroatoms.